The minimum Gasteiger partial charge on any atom is -0.229 e. The van der Waals surface area contributed by atoms with E-state index in [-0.39, 0.29) is 11.3 Å². The first kappa shape index (κ1) is 14.6. The molecule has 22 heavy (non-hydrogen) atoms. The van der Waals surface area contributed by atoms with Crippen LogP contribution in [0.25, 0.3) is 16.9 Å². The van der Waals surface area contributed by atoms with Crippen LogP contribution in [0.3, 0.4) is 0 Å². The van der Waals surface area contributed by atoms with E-state index in [1.165, 1.54) is 12.3 Å². The molecule has 0 N–H and O–H groups in total. The van der Waals surface area contributed by atoms with Crippen molar-refractivity contribution in [3.63, 3.8) is 0 Å². The van der Waals surface area contributed by atoms with Crippen molar-refractivity contribution in [2.45, 2.75) is 25.9 Å². The van der Waals surface area contributed by atoms with Gasteiger partial charge in [0.15, 0.2) is 11.3 Å². The fourth-order valence-electron chi connectivity index (χ4n) is 2.30. The number of fused-ring (bicyclic) bond motifs is 1. The summed E-state index contributed by atoms with van der Waals surface area (Å²) >= 11 is 0. The number of nitrogens with zero attached hydrogens (tertiary/aromatic N) is 3. The Morgan fingerprint density at radius 3 is 2.32 bits per heavy atom. The third-order valence-electron chi connectivity index (χ3n) is 3.52. The first-order chi connectivity index (χ1) is 10.4. The maximum Gasteiger partial charge on any atom is 0.433 e. The number of aromatic nitrogens is 3. The van der Waals surface area contributed by atoms with Gasteiger partial charge in [-0.2, -0.15) is 18.3 Å². The van der Waals surface area contributed by atoms with Crippen molar-refractivity contribution in [3.05, 3.63) is 53.9 Å². The number of hydrogen-bond acceptors (Lipinski definition) is 2. The van der Waals surface area contributed by atoms with E-state index >= 15 is 0 Å². The van der Waals surface area contributed by atoms with Crippen molar-refractivity contribution in [1.29, 1.82) is 0 Å². The molecule has 0 unspecified atom stereocenters. The molecule has 0 radical (unpaired) electrons. The number of rotatable bonds is 2. The summed E-state index contributed by atoms with van der Waals surface area (Å²) in [6.45, 7) is 4.13. The van der Waals surface area contributed by atoms with Gasteiger partial charge in [-0.1, -0.05) is 38.1 Å². The molecule has 6 heteroatoms. The summed E-state index contributed by atoms with van der Waals surface area (Å²) in [5, 5.41) is 3.69. The van der Waals surface area contributed by atoms with Crippen molar-refractivity contribution >= 4 is 5.65 Å². The lowest BCUT2D eigenvalue weighted by Crippen LogP contribution is -2.13. The highest BCUT2D eigenvalue weighted by Crippen LogP contribution is 2.32. The molecule has 2 aromatic heterocycles. The summed E-state index contributed by atoms with van der Waals surface area (Å²) < 4.78 is 40.3. The van der Waals surface area contributed by atoms with Crippen molar-refractivity contribution in [1.82, 2.24) is 14.6 Å². The molecule has 0 saturated heterocycles. The van der Waals surface area contributed by atoms with Crippen molar-refractivity contribution in [2.24, 2.45) is 0 Å². The first-order valence-corrected chi connectivity index (χ1v) is 6.88. The van der Waals surface area contributed by atoms with Crippen LogP contribution < -0.4 is 0 Å². The Balaban J connectivity index is 2.15. The SMILES string of the molecule is CC(C)c1ccc(-c2cc(C(F)(F)F)n3nccc3n2)cc1. The fraction of sp³-hybridized carbons (Fsp3) is 0.250. The zero-order chi connectivity index (χ0) is 15.9. The lowest BCUT2D eigenvalue weighted by Gasteiger charge is -2.11. The highest BCUT2D eigenvalue weighted by Gasteiger charge is 2.35. The normalized spacial score (nSPS) is 12.3. The molecule has 0 spiro atoms. The molecule has 3 aromatic rings. The molecule has 0 bridgehead atoms. The van der Waals surface area contributed by atoms with Crippen LogP contribution in [0.4, 0.5) is 13.2 Å². The topological polar surface area (TPSA) is 30.2 Å². The molecule has 0 aliphatic heterocycles. The van der Waals surface area contributed by atoms with Crippen molar-refractivity contribution in [2.75, 3.05) is 0 Å². The van der Waals surface area contributed by atoms with E-state index in [1.807, 2.05) is 12.1 Å². The molecule has 0 amide bonds. The summed E-state index contributed by atoms with van der Waals surface area (Å²) in [7, 11) is 0. The lowest BCUT2D eigenvalue weighted by atomic mass is 10.0. The smallest absolute Gasteiger partial charge is 0.229 e. The van der Waals surface area contributed by atoms with Crippen LogP contribution >= 0.6 is 0 Å². The Labute approximate surface area is 125 Å². The van der Waals surface area contributed by atoms with E-state index in [9.17, 15) is 13.2 Å². The predicted molar refractivity (Wildman–Crippen MR) is 77.5 cm³/mol. The third kappa shape index (κ3) is 2.56. The van der Waals surface area contributed by atoms with Gasteiger partial charge in [0.2, 0.25) is 0 Å². The second-order valence-electron chi connectivity index (χ2n) is 5.40. The maximum atomic E-state index is 13.2. The Bertz CT molecular complexity index is 802. The van der Waals surface area contributed by atoms with Gasteiger partial charge >= 0.3 is 6.18 Å². The Morgan fingerprint density at radius 2 is 1.73 bits per heavy atom. The standard InChI is InChI=1S/C16H14F3N3/c1-10(2)11-3-5-12(6-4-11)13-9-14(16(17,18)19)22-15(21-13)7-8-20-22/h3-10H,1-2H3. The van der Waals surface area contributed by atoms with Crippen molar-refractivity contribution < 1.29 is 13.2 Å². The molecular formula is C16H14F3N3. The van der Waals surface area contributed by atoms with E-state index in [0.29, 0.717) is 11.5 Å². The van der Waals surface area contributed by atoms with Gasteiger partial charge in [0.25, 0.3) is 0 Å². The van der Waals surface area contributed by atoms with Gasteiger partial charge < -0.3 is 0 Å². The molecule has 0 aliphatic carbocycles. The summed E-state index contributed by atoms with van der Waals surface area (Å²) in [6, 6.07) is 9.91. The van der Waals surface area contributed by atoms with Crippen LogP contribution in [-0.4, -0.2) is 14.6 Å². The monoisotopic (exact) mass is 305 g/mol. The summed E-state index contributed by atoms with van der Waals surface area (Å²) in [6.07, 6.45) is -3.18. The van der Waals surface area contributed by atoms with Gasteiger partial charge in [-0.3, -0.25) is 0 Å². The van der Waals surface area contributed by atoms with Crippen LogP contribution in [0, 0.1) is 0 Å². The molecule has 0 aliphatic rings. The van der Waals surface area contributed by atoms with Crippen LogP contribution in [-0.2, 0) is 6.18 Å². The molecule has 114 valence electrons. The zero-order valence-electron chi connectivity index (χ0n) is 12.1. The lowest BCUT2D eigenvalue weighted by molar-refractivity contribution is -0.142. The van der Waals surface area contributed by atoms with Crippen LogP contribution in [0.1, 0.15) is 31.0 Å². The quantitative estimate of drug-likeness (QED) is 0.696. The van der Waals surface area contributed by atoms with Gasteiger partial charge in [0.1, 0.15) is 0 Å². The minimum atomic E-state index is -4.49. The first-order valence-electron chi connectivity index (χ1n) is 6.88. The van der Waals surface area contributed by atoms with Crippen molar-refractivity contribution in [3.8, 4) is 11.3 Å². The zero-order valence-corrected chi connectivity index (χ0v) is 12.1. The highest BCUT2D eigenvalue weighted by molar-refractivity contribution is 5.63. The molecule has 0 saturated carbocycles. The molecule has 3 rings (SSSR count). The van der Waals surface area contributed by atoms with E-state index in [1.54, 1.807) is 12.1 Å². The number of alkyl halides is 3. The minimum absolute atomic E-state index is 0.178. The second kappa shape index (κ2) is 5.12. The summed E-state index contributed by atoms with van der Waals surface area (Å²) in [4.78, 5) is 4.25. The second-order valence-corrected chi connectivity index (χ2v) is 5.40. The van der Waals surface area contributed by atoms with E-state index in [4.69, 9.17) is 0 Å². The van der Waals surface area contributed by atoms with E-state index < -0.39 is 11.9 Å². The van der Waals surface area contributed by atoms with Gasteiger partial charge in [0.05, 0.1) is 11.9 Å². The Hall–Kier alpha value is -2.37. The molecule has 2 heterocycles. The molecule has 0 atom stereocenters. The maximum absolute atomic E-state index is 13.2. The van der Waals surface area contributed by atoms with Crippen LogP contribution in [0.5, 0.6) is 0 Å². The van der Waals surface area contributed by atoms with Gasteiger partial charge in [0, 0.05) is 11.6 Å². The average molecular weight is 305 g/mol. The summed E-state index contributed by atoms with van der Waals surface area (Å²) in [5.41, 5.74) is 1.42. The predicted octanol–water partition coefficient (Wildman–Crippen LogP) is 4.54. The molecule has 1 aromatic carbocycles. The number of benzene rings is 1. The average Bonchev–Trinajstić information content (AvgIpc) is 2.93. The molecular weight excluding hydrogens is 291 g/mol. The number of halogens is 3. The largest absolute Gasteiger partial charge is 0.433 e. The van der Waals surface area contributed by atoms with E-state index in [2.05, 4.69) is 23.9 Å². The Morgan fingerprint density at radius 1 is 1.05 bits per heavy atom. The third-order valence-corrected chi connectivity index (χ3v) is 3.52. The van der Waals surface area contributed by atoms with Gasteiger partial charge in [-0.05, 0) is 17.5 Å². The van der Waals surface area contributed by atoms with Crippen LogP contribution in [0.15, 0.2) is 42.6 Å². The molecule has 0 fully saturated rings. The summed E-state index contributed by atoms with van der Waals surface area (Å²) in [5.74, 6) is 0.366. The van der Waals surface area contributed by atoms with Gasteiger partial charge in [-0.15, -0.1) is 0 Å². The highest BCUT2D eigenvalue weighted by atomic mass is 19.4. The van der Waals surface area contributed by atoms with Crippen LogP contribution in [0.2, 0.25) is 0 Å². The fourth-order valence-corrected chi connectivity index (χ4v) is 2.30. The Kier molecular flexibility index (Phi) is 3.39. The van der Waals surface area contributed by atoms with Gasteiger partial charge in [-0.25, -0.2) is 9.50 Å². The number of hydrogen-bond donors (Lipinski definition) is 0. The molecule has 3 nitrogen and oxygen atoms in total. The van der Waals surface area contributed by atoms with E-state index in [0.717, 1.165) is 16.1 Å².